The van der Waals surface area contributed by atoms with Crippen LogP contribution in [-0.4, -0.2) is 47.6 Å². The fraction of sp³-hybridized carbons (Fsp3) is 0.208. The predicted molar refractivity (Wildman–Crippen MR) is 484 cm³/mol. The summed E-state index contributed by atoms with van der Waals surface area (Å²) in [7, 11) is 0. The number of fused-ring (bicyclic) bond motifs is 3. The number of pyridine rings is 3. The molecule has 0 spiro atoms. The Labute approximate surface area is 753 Å². The molecule has 0 atom stereocenters. The van der Waals surface area contributed by atoms with Crippen molar-refractivity contribution in [2.75, 3.05) is 0 Å². The molecule has 0 amide bonds. The minimum atomic E-state index is -0.125. The van der Waals surface area contributed by atoms with Gasteiger partial charge in [0, 0.05) is 130 Å². The smallest absolute Gasteiger partial charge is 0.155 e. The zero-order valence-corrected chi connectivity index (χ0v) is 79.2. The molecular formula is C106H104Ir3N3O9-3. The molecule has 3 radical (unpaired) electrons. The number of ketones is 3. The number of carbonyl (C=O) groups is 3. The Morgan fingerprint density at radius 2 is 0.603 bits per heavy atom. The van der Waals surface area contributed by atoms with E-state index in [-0.39, 0.29) is 111 Å². The number of benzene rings is 9. The van der Waals surface area contributed by atoms with Gasteiger partial charge in [-0.25, -0.2) is 0 Å². The van der Waals surface area contributed by atoms with Gasteiger partial charge in [-0.15, -0.1) is 106 Å². The molecule has 0 aliphatic heterocycles. The Morgan fingerprint density at radius 1 is 0.322 bits per heavy atom. The van der Waals surface area contributed by atoms with E-state index in [9.17, 15) is 14.4 Å². The van der Waals surface area contributed by atoms with Crippen LogP contribution in [0.25, 0.3) is 134 Å². The van der Waals surface area contributed by atoms with Gasteiger partial charge in [0.15, 0.2) is 17.3 Å². The van der Waals surface area contributed by atoms with E-state index in [4.69, 9.17) is 38.5 Å². The van der Waals surface area contributed by atoms with Crippen LogP contribution in [0.2, 0.25) is 0 Å². The molecule has 12 nitrogen and oxygen atoms in total. The maximum atomic E-state index is 10.0. The number of hydrogen-bond acceptors (Lipinski definition) is 12. The minimum Gasteiger partial charge on any atom is -0.512 e. The molecule has 627 valence electrons. The van der Waals surface area contributed by atoms with E-state index in [1.54, 1.807) is 0 Å². The molecule has 0 saturated carbocycles. The number of aromatic nitrogens is 3. The topological polar surface area (TPSA) is 190 Å². The predicted octanol–water partition coefficient (Wildman–Crippen LogP) is 28.1. The first kappa shape index (κ1) is 96.8. The Kier molecular flexibility index (Phi) is 34.6. The van der Waals surface area contributed by atoms with Gasteiger partial charge in [-0.3, -0.25) is 14.4 Å². The third kappa shape index (κ3) is 27.6. The summed E-state index contributed by atoms with van der Waals surface area (Å²) < 4.78 is 19.0. The molecule has 0 unspecified atom stereocenters. The first-order valence-electron chi connectivity index (χ1n) is 39.3. The Balaban J connectivity index is 0.000000221. The van der Waals surface area contributed by atoms with Gasteiger partial charge >= 0.3 is 0 Å². The van der Waals surface area contributed by atoms with E-state index in [0.717, 1.165) is 112 Å². The van der Waals surface area contributed by atoms with Crippen molar-refractivity contribution in [2.45, 2.75) is 148 Å². The summed E-state index contributed by atoms with van der Waals surface area (Å²) in [6.07, 6.45) is 9.18. The molecule has 121 heavy (non-hydrogen) atoms. The van der Waals surface area contributed by atoms with Crippen LogP contribution in [0.15, 0.2) is 298 Å². The molecule has 9 aromatic carbocycles. The average molecular weight is 2140 g/mol. The van der Waals surface area contributed by atoms with E-state index >= 15 is 0 Å². The van der Waals surface area contributed by atoms with Crippen LogP contribution in [0.1, 0.15) is 143 Å². The van der Waals surface area contributed by atoms with Gasteiger partial charge in [0.1, 0.15) is 34.0 Å². The molecule has 0 aliphatic rings. The number of aryl methyl sites for hydroxylation is 4. The van der Waals surface area contributed by atoms with Crippen molar-refractivity contribution in [1.82, 2.24) is 15.0 Å². The van der Waals surface area contributed by atoms with Gasteiger partial charge < -0.3 is 43.5 Å². The van der Waals surface area contributed by atoms with Gasteiger partial charge in [0.05, 0.1) is 17.3 Å². The molecule has 3 N–H and O–H groups in total. The van der Waals surface area contributed by atoms with Crippen LogP contribution in [0.4, 0.5) is 0 Å². The Hall–Kier alpha value is -11.4. The van der Waals surface area contributed by atoms with E-state index in [1.165, 1.54) is 121 Å². The zero-order valence-electron chi connectivity index (χ0n) is 72.0. The van der Waals surface area contributed by atoms with E-state index in [1.807, 2.05) is 85.3 Å². The summed E-state index contributed by atoms with van der Waals surface area (Å²) in [4.78, 5) is 44.2. The maximum Gasteiger partial charge on any atom is 0.155 e. The number of allylic oxidation sites excluding steroid dienone is 6. The second kappa shape index (κ2) is 43.2. The number of hydrogen-bond donors (Lipinski definition) is 3. The standard InChI is InChI=1S/C33H32NO.C31H28NO.C27H20NO.3C5H8O2.3Ir/c1-32(2,3)27-16-25(17-28(19-27)33(4,5)6)30-18-26-21-34-29(20-31(26)35-30)24-14-10-13-23(15-24)22-11-8-7-9-12-22;1-20-14-26(31(3,4)5)15-21(2)30(20)29-17-25-19-32-27(18-28(25)33-29)24-13-9-12-23(16-24)22-10-7-6-8-11-22;1-18-11-19(2)13-23(12-18)26-15-24-17-28-25(16-27(24)29-26)22-10-6-9-21(14-22)20-7-4-3-5-8-20;3*1-4(6)3-5(2)7;;;/h7-13,15-21H,1-6H3;6-12,14-19H,1-5H3;3-9,11-17H,1-2H3;3*3,6H,1-2H3;;;/q3*-1;;;;;;. The normalized spacial score (nSPS) is 11.4. The van der Waals surface area contributed by atoms with E-state index < -0.39 is 0 Å². The minimum absolute atomic E-state index is 0. The van der Waals surface area contributed by atoms with Crippen LogP contribution in [0, 0.1) is 45.9 Å². The van der Waals surface area contributed by atoms with E-state index in [0.29, 0.717) is 0 Å². The molecule has 15 heteroatoms. The van der Waals surface area contributed by atoms with Crippen molar-refractivity contribution in [3.05, 3.63) is 342 Å². The summed E-state index contributed by atoms with van der Waals surface area (Å²) in [5.74, 6) is 2.44. The first-order valence-corrected chi connectivity index (χ1v) is 39.3. The fourth-order valence-electron chi connectivity index (χ4n) is 13.3. The SMILES string of the molecule is CC(=O)C=C(C)O.CC(=O)C=C(C)O.CC(=O)C=C(C)O.CC(C)(C)c1cc(-c2cc3cnc(-c4[c-]ccc(-c5ccccc5)c4)cc3o2)cc(C(C)(C)C)c1.Cc1cc(C(C)(C)C)cc(C)c1-c1cc2cnc(-c3[c-]ccc(-c4ccccc4)c3)cc2o1.Cc1cc(C)cc(-c2cc3cnc(-c4[c-]ccc(-c5ccccc5)c4)cc3o2)c1.[Ir].[Ir].[Ir]. The van der Waals surface area contributed by atoms with Crippen molar-refractivity contribution in [1.29, 1.82) is 0 Å². The first-order chi connectivity index (χ1) is 55.9. The molecule has 0 bridgehead atoms. The van der Waals surface area contributed by atoms with Gasteiger partial charge in [-0.2, -0.15) is 0 Å². The molecule has 15 rings (SSSR count). The molecule has 0 fully saturated rings. The van der Waals surface area contributed by atoms with Crippen molar-refractivity contribution < 1.29 is 103 Å². The quantitative estimate of drug-likeness (QED) is 0.0597. The third-order valence-electron chi connectivity index (χ3n) is 19.1. The second-order valence-corrected chi connectivity index (χ2v) is 32.8. The summed E-state index contributed by atoms with van der Waals surface area (Å²) in [6.45, 7) is 37.4. The molecule has 0 aliphatic carbocycles. The van der Waals surface area contributed by atoms with E-state index in [2.05, 4.69) is 277 Å². The van der Waals surface area contributed by atoms with Crippen LogP contribution in [0.5, 0.6) is 0 Å². The number of nitrogens with zero attached hydrogens (tertiary/aromatic N) is 3. The van der Waals surface area contributed by atoms with Gasteiger partial charge in [-0.1, -0.05) is 189 Å². The van der Waals surface area contributed by atoms with Crippen LogP contribution in [0.3, 0.4) is 0 Å². The summed E-state index contributed by atoms with van der Waals surface area (Å²) in [6, 6.07) is 89.8. The number of aliphatic hydroxyl groups excluding tert-OH is 3. The summed E-state index contributed by atoms with van der Waals surface area (Å²) in [5, 5.41) is 28.1. The molecule has 0 saturated heterocycles. The Morgan fingerprint density at radius 3 is 0.884 bits per heavy atom. The van der Waals surface area contributed by atoms with Crippen molar-refractivity contribution in [2.24, 2.45) is 0 Å². The third-order valence-corrected chi connectivity index (χ3v) is 19.1. The van der Waals surface area contributed by atoms with Gasteiger partial charge in [0.2, 0.25) is 0 Å². The van der Waals surface area contributed by atoms with Crippen LogP contribution in [-0.2, 0) is 90.9 Å². The molecule has 6 aromatic heterocycles. The zero-order chi connectivity index (χ0) is 85.3. The molecule has 15 aromatic rings. The maximum absolute atomic E-state index is 10.0. The van der Waals surface area contributed by atoms with Crippen molar-refractivity contribution >= 4 is 50.3 Å². The Bertz CT molecular complexity index is 6010. The monoisotopic (exact) mass is 2140 g/mol. The number of furan rings is 3. The van der Waals surface area contributed by atoms with Crippen molar-refractivity contribution in [3.63, 3.8) is 0 Å². The average Bonchev–Trinajstić information content (AvgIpc) is 1.67. The summed E-state index contributed by atoms with van der Waals surface area (Å²) >= 11 is 0. The summed E-state index contributed by atoms with van der Waals surface area (Å²) in [5.41, 5.74) is 27.4. The van der Waals surface area contributed by atoms with Gasteiger partial charge in [-0.05, 0) is 208 Å². The number of rotatable bonds is 12. The van der Waals surface area contributed by atoms with Crippen LogP contribution >= 0.6 is 0 Å². The molecular weight excluding hydrogens is 2040 g/mol. The van der Waals surface area contributed by atoms with Crippen molar-refractivity contribution in [3.8, 4) is 101 Å². The number of carbonyl (C=O) groups excluding carboxylic acids is 3. The molecule has 6 heterocycles. The second-order valence-electron chi connectivity index (χ2n) is 32.8. The largest absolute Gasteiger partial charge is 0.512 e. The number of aliphatic hydroxyl groups is 3. The van der Waals surface area contributed by atoms with Crippen LogP contribution < -0.4 is 0 Å². The van der Waals surface area contributed by atoms with Gasteiger partial charge in [0.25, 0.3) is 0 Å². The fourth-order valence-corrected chi connectivity index (χ4v) is 13.3.